The zero-order chi connectivity index (χ0) is 15.4. The summed E-state index contributed by atoms with van der Waals surface area (Å²) in [7, 11) is 3.27. The number of rotatable bonds is 5. The fraction of sp³-hybridized carbons (Fsp3) is 0.200. The van der Waals surface area contributed by atoms with Gasteiger partial charge in [-0.2, -0.15) is 0 Å². The number of hydrogen-bond acceptors (Lipinski definition) is 3. The van der Waals surface area contributed by atoms with Crippen LogP contribution in [0.5, 0.6) is 17.2 Å². The molecule has 6 heteroatoms. The van der Waals surface area contributed by atoms with E-state index in [4.69, 9.17) is 14.2 Å². The molecule has 0 bridgehead atoms. The molecule has 2 aromatic rings. The Hall–Kier alpha value is -0.720. The molecule has 0 aliphatic heterocycles. The fourth-order valence-corrected chi connectivity index (χ4v) is 3.25. The molecule has 112 valence electrons. The molecule has 0 aromatic heterocycles. The number of hydrogen-bond donors (Lipinski definition) is 0. The predicted octanol–water partition coefficient (Wildman–Crippen LogP) is 5.57. The van der Waals surface area contributed by atoms with E-state index in [9.17, 15) is 0 Å². The average molecular weight is 481 g/mol. The lowest BCUT2D eigenvalue weighted by Gasteiger charge is -2.12. The smallest absolute Gasteiger partial charge is 0.135 e. The molecule has 0 atom stereocenters. The van der Waals surface area contributed by atoms with Crippen LogP contribution in [0.1, 0.15) is 5.56 Å². The van der Waals surface area contributed by atoms with Crippen molar-refractivity contribution in [2.75, 3.05) is 14.2 Å². The summed E-state index contributed by atoms with van der Waals surface area (Å²) in [6.07, 6.45) is 0. The summed E-state index contributed by atoms with van der Waals surface area (Å²) < 4.78 is 18.9. The van der Waals surface area contributed by atoms with Gasteiger partial charge in [0, 0.05) is 0 Å². The van der Waals surface area contributed by atoms with Crippen LogP contribution in [0.25, 0.3) is 0 Å². The van der Waals surface area contributed by atoms with Gasteiger partial charge in [0.05, 0.1) is 27.6 Å². The maximum absolute atomic E-state index is 5.84. The SMILES string of the molecule is COc1ccc(COc2cc(Br)c(OC)cc2Br)cc1Br. The first-order chi connectivity index (χ1) is 10.0. The molecule has 21 heavy (non-hydrogen) atoms. The Morgan fingerprint density at radius 2 is 1.33 bits per heavy atom. The van der Waals surface area contributed by atoms with Crippen LogP contribution in [0.4, 0.5) is 0 Å². The van der Waals surface area contributed by atoms with Gasteiger partial charge in [-0.15, -0.1) is 0 Å². The van der Waals surface area contributed by atoms with E-state index in [0.29, 0.717) is 6.61 Å². The van der Waals surface area contributed by atoms with Gasteiger partial charge in [-0.3, -0.25) is 0 Å². The van der Waals surface area contributed by atoms with E-state index in [0.717, 1.165) is 36.2 Å². The maximum atomic E-state index is 5.84. The summed E-state index contributed by atoms with van der Waals surface area (Å²) in [5.41, 5.74) is 1.04. The second-order valence-corrected chi connectivity index (χ2v) is 6.74. The maximum Gasteiger partial charge on any atom is 0.135 e. The lowest BCUT2D eigenvalue weighted by molar-refractivity contribution is 0.302. The molecule has 0 fully saturated rings. The van der Waals surface area contributed by atoms with Gasteiger partial charge in [-0.05, 0) is 77.6 Å². The van der Waals surface area contributed by atoms with Crippen LogP contribution in [0.15, 0.2) is 43.7 Å². The summed E-state index contributed by atoms with van der Waals surface area (Å²) >= 11 is 10.4. The van der Waals surface area contributed by atoms with Crippen LogP contribution in [0, 0.1) is 0 Å². The molecule has 2 rings (SSSR count). The van der Waals surface area contributed by atoms with E-state index in [-0.39, 0.29) is 0 Å². The Morgan fingerprint density at radius 1 is 0.762 bits per heavy atom. The van der Waals surface area contributed by atoms with Crippen LogP contribution in [-0.2, 0) is 6.61 Å². The van der Waals surface area contributed by atoms with Gasteiger partial charge in [-0.25, -0.2) is 0 Å². The number of benzene rings is 2. The highest BCUT2D eigenvalue weighted by atomic mass is 79.9. The van der Waals surface area contributed by atoms with E-state index in [1.807, 2.05) is 30.3 Å². The van der Waals surface area contributed by atoms with Gasteiger partial charge in [0.15, 0.2) is 0 Å². The van der Waals surface area contributed by atoms with Gasteiger partial charge in [-0.1, -0.05) is 6.07 Å². The van der Waals surface area contributed by atoms with Crippen LogP contribution in [0.3, 0.4) is 0 Å². The van der Waals surface area contributed by atoms with Crippen LogP contribution in [-0.4, -0.2) is 14.2 Å². The van der Waals surface area contributed by atoms with Crippen molar-refractivity contribution in [1.82, 2.24) is 0 Å². The number of halogens is 3. The highest BCUT2D eigenvalue weighted by Crippen LogP contribution is 2.36. The van der Waals surface area contributed by atoms with Crippen molar-refractivity contribution in [3.63, 3.8) is 0 Å². The van der Waals surface area contributed by atoms with Gasteiger partial charge >= 0.3 is 0 Å². The number of ether oxygens (including phenoxy) is 3. The molecule has 0 amide bonds. The molecule has 0 aliphatic rings. The highest BCUT2D eigenvalue weighted by molar-refractivity contribution is 9.11. The minimum atomic E-state index is 0.458. The Kier molecular flexibility index (Phi) is 5.96. The summed E-state index contributed by atoms with van der Waals surface area (Å²) in [6.45, 7) is 0.458. The average Bonchev–Trinajstić information content (AvgIpc) is 2.47. The van der Waals surface area contributed by atoms with Gasteiger partial charge in [0.25, 0.3) is 0 Å². The Bertz CT molecular complexity index is 644. The summed E-state index contributed by atoms with van der Waals surface area (Å²) in [4.78, 5) is 0. The predicted molar refractivity (Wildman–Crippen MR) is 93.4 cm³/mol. The van der Waals surface area contributed by atoms with Crippen molar-refractivity contribution in [2.45, 2.75) is 6.61 Å². The van der Waals surface area contributed by atoms with Crippen LogP contribution < -0.4 is 14.2 Å². The minimum absolute atomic E-state index is 0.458. The minimum Gasteiger partial charge on any atom is -0.496 e. The molecular formula is C15H13Br3O3. The highest BCUT2D eigenvalue weighted by Gasteiger charge is 2.09. The van der Waals surface area contributed by atoms with Gasteiger partial charge in [0.1, 0.15) is 23.9 Å². The van der Waals surface area contributed by atoms with Crippen LogP contribution >= 0.6 is 47.8 Å². The topological polar surface area (TPSA) is 27.7 Å². The van der Waals surface area contributed by atoms with Gasteiger partial charge in [0.2, 0.25) is 0 Å². The quantitative estimate of drug-likeness (QED) is 0.560. The number of methoxy groups -OCH3 is 2. The van der Waals surface area contributed by atoms with Crippen LogP contribution in [0.2, 0.25) is 0 Å². The molecule has 0 saturated heterocycles. The van der Waals surface area contributed by atoms with E-state index < -0.39 is 0 Å². The third-order valence-electron chi connectivity index (χ3n) is 2.82. The molecule has 0 N–H and O–H groups in total. The molecule has 0 spiro atoms. The summed E-state index contributed by atoms with van der Waals surface area (Å²) in [5.74, 6) is 2.29. The Morgan fingerprint density at radius 3 is 1.95 bits per heavy atom. The van der Waals surface area contributed by atoms with Crippen molar-refractivity contribution in [2.24, 2.45) is 0 Å². The molecule has 0 unspecified atom stereocenters. The zero-order valence-corrected chi connectivity index (χ0v) is 16.2. The monoisotopic (exact) mass is 478 g/mol. The van der Waals surface area contributed by atoms with E-state index in [2.05, 4.69) is 47.8 Å². The van der Waals surface area contributed by atoms with Crippen molar-refractivity contribution < 1.29 is 14.2 Å². The first kappa shape index (κ1) is 16.6. The van der Waals surface area contributed by atoms with Crippen molar-refractivity contribution in [3.8, 4) is 17.2 Å². The van der Waals surface area contributed by atoms with Crippen molar-refractivity contribution in [3.05, 3.63) is 49.3 Å². The zero-order valence-electron chi connectivity index (χ0n) is 11.5. The van der Waals surface area contributed by atoms with E-state index in [1.54, 1.807) is 14.2 Å². The first-order valence-corrected chi connectivity index (χ1v) is 8.41. The lowest BCUT2D eigenvalue weighted by atomic mass is 10.2. The molecule has 0 saturated carbocycles. The normalized spacial score (nSPS) is 10.3. The second-order valence-electron chi connectivity index (χ2n) is 4.17. The second kappa shape index (κ2) is 7.51. The molecular weight excluding hydrogens is 468 g/mol. The fourth-order valence-electron chi connectivity index (χ4n) is 1.74. The van der Waals surface area contributed by atoms with Crippen molar-refractivity contribution in [1.29, 1.82) is 0 Å². The molecule has 0 radical (unpaired) electrons. The largest absolute Gasteiger partial charge is 0.496 e. The Balaban J connectivity index is 2.13. The standard InChI is InChI=1S/C15H13Br3O3/c1-19-13-4-3-9(5-10(13)16)8-21-15-7-11(17)14(20-2)6-12(15)18/h3-7H,8H2,1-2H3. The molecule has 0 aliphatic carbocycles. The first-order valence-electron chi connectivity index (χ1n) is 6.03. The van der Waals surface area contributed by atoms with Gasteiger partial charge < -0.3 is 14.2 Å². The summed E-state index contributed by atoms with van der Waals surface area (Å²) in [6, 6.07) is 9.59. The third kappa shape index (κ3) is 4.14. The molecule has 0 heterocycles. The molecule has 3 nitrogen and oxygen atoms in total. The van der Waals surface area contributed by atoms with E-state index in [1.165, 1.54) is 0 Å². The molecule has 2 aromatic carbocycles. The lowest BCUT2D eigenvalue weighted by Crippen LogP contribution is -1.97. The van der Waals surface area contributed by atoms with E-state index >= 15 is 0 Å². The summed E-state index contributed by atoms with van der Waals surface area (Å²) in [5, 5.41) is 0. The van der Waals surface area contributed by atoms with Crippen molar-refractivity contribution >= 4 is 47.8 Å². The third-order valence-corrected chi connectivity index (χ3v) is 4.68. The Labute approximate surface area is 149 Å².